The zero-order valence-corrected chi connectivity index (χ0v) is 16.6. The van der Waals surface area contributed by atoms with Gasteiger partial charge in [0, 0.05) is 23.3 Å². The molecule has 1 amide bonds. The molecule has 0 bridgehead atoms. The smallest absolute Gasteiger partial charge is 0.234 e. The summed E-state index contributed by atoms with van der Waals surface area (Å²) in [7, 11) is -1.52. The molecule has 3 aromatic carbocycles. The van der Waals surface area contributed by atoms with Gasteiger partial charge >= 0.3 is 0 Å². The Bertz CT molecular complexity index is 945. The molecular formula is C23H22NO3P. The number of hydrogen-bond donors (Lipinski definition) is 0. The molecule has 4 nitrogen and oxygen atoms in total. The third kappa shape index (κ3) is 4.47. The summed E-state index contributed by atoms with van der Waals surface area (Å²) in [5.41, 5.74) is 0.717. The van der Waals surface area contributed by atoms with Crippen LogP contribution >= 0.6 is 7.14 Å². The fourth-order valence-electron chi connectivity index (χ4n) is 3.06. The third-order valence-corrected chi connectivity index (χ3v) is 7.67. The molecule has 142 valence electrons. The fourth-order valence-corrected chi connectivity index (χ4v) is 5.64. The summed E-state index contributed by atoms with van der Waals surface area (Å²) in [5, 5.41) is 1.25. The molecule has 5 heteroatoms. The van der Waals surface area contributed by atoms with E-state index < -0.39 is 7.14 Å². The molecule has 0 saturated carbocycles. The number of nitrogens with zero attached hydrogens (tertiary/aromatic N) is 1. The number of anilines is 1. The van der Waals surface area contributed by atoms with Crippen molar-refractivity contribution in [2.75, 3.05) is 18.1 Å². The Labute approximate surface area is 165 Å². The molecule has 0 atom stereocenters. The van der Waals surface area contributed by atoms with Crippen molar-refractivity contribution in [3.05, 3.63) is 91.0 Å². The summed E-state index contributed by atoms with van der Waals surface area (Å²) in [4.78, 5) is 26.7. The van der Waals surface area contributed by atoms with Crippen molar-refractivity contribution in [3.8, 4) is 0 Å². The number of ketones is 1. The van der Waals surface area contributed by atoms with E-state index in [1.54, 1.807) is 43.4 Å². The highest BCUT2D eigenvalue weighted by atomic mass is 31.2. The fraction of sp³-hybridized carbons (Fsp3) is 0.130. The van der Waals surface area contributed by atoms with Crippen LogP contribution in [-0.2, 0) is 14.2 Å². The monoisotopic (exact) mass is 391 g/mol. The van der Waals surface area contributed by atoms with Gasteiger partial charge in [-0.3, -0.25) is 9.59 Å². The van der Waals surface area contributed by atoms with Crippen LogP contribution in [0.5, 0.6) is 0 Å². The number of Topliss-reactive ketones (excluding diaryl/α,β-unsaturated/α-hetero) is 1. The van der Waals surface area contributed by atoms with Crippen molar-refractivity contribution in [1.82, 2.24) is 0 Å². The lowest BCUT2D eigenvalue weighted by Crippen LogP contribution is -2.30. The van der Waals surface area contributed by atoms with Crippen LogP contribution in [0.15, 0.2) is 91.0 Å². The summed E-state index contributed by atoms with van der Waals surface area (Å²) in [6, 6.07) is 27.2. The number of hydrogen-bond acceptors (Lipinski definition) is 3. The SMILES string of the molecule is CN(C(=O)CC(=O)CP(=O)(c1ccccc1)c1ccccc1)c1ccccc1. The van der Waals surface area contributed by atoms with Crippen molar-refractivity contribution >= 4 is 35.1 Å². The molecule has 0 spiro atoms. The standard InChI is InChI=1S/C23H22NO3P/c1-24(19-11-5-2-6-12-19)23(26)17-20(25)18-28(27,21-13-7-3-8-14-21)22-15-9-4-10-16-22/h2-16H,17-18H2,1H3. The Morgan fingerprint density at radius 1 is 0.750 bits per heavy atom. The summed E-state index contributed by atoms with van der Waals surface area (Å²) in [5.74, 6) is -0.646. The van der Waals surface area contributed by atoms with Gasteiger partial charge in [-0.25, -0.2) is 0 Å². The molecule has 0 aliphatic carbocycles. The first-order valence-electron chi connectivity index (χ1n) is 9.04. The second-order valence-electron chi connectivity index (χ2n) is 6.57. The van der Waals surface area contributed by atoms with E-state index in [4.69, 9.17) is 0 Å². The van der Waals surface area contributed by atoms with Crippen LogP contribution in [0.1, 0.15) is 6.42 Å². The average Bonchev–Trinajstić information content (AvgIpc) is 2.74. The third-order valence-electron chi connectivity index (χ3n) is 4.61. The molecule has 0 radical (unpaired) electrons. The highest BCUT2D eigenvalue weighted by molar-refractivity contribution is 7.79. The number of carbonyl (C=O) groups excluding carboxylic acids is 2. The molecule has 0 saturated heterocycles. The van der Waals surface area contributed by atoms with Crippen LogP contribution in [0.4, 0.5) is 5.69 Å². The maximum absolute atomic E-state index is 13.9. The number of rotatable bonds is 7. The van der Waals surface area contributed by atoms with Gasteiger partial charge in [0.25, 0.3) is 0 Å². The van der Waals surface area contributed by atoms with Crippen molar-refractivity contribution in [2.45, 2.75) is 6.42 Å². The molecule has 0 aliphatic heterocycles. The topological polar surface area (TPSA) is 54.5 Å². The molecule has 3 rings (SSSR count). The van der Waals surface area contributed by atoms with Gasteiger partial charge in [-0.1, -0.05) is 78.9 Å². The normalized spacial score (nSPS) is 11.0. The Kier molecular flexibility index (Phi) is 6.23. The molecule has 0 N–H and O–H groups in total. The first-order valence-corrected chi connectivity index (χ1v) is 10.9. The summed E-state index contributed by atoms with van der Waals surface area (Å²) < 4.78 is 13.9. The lowest BCUT2D eigenvalue weighted by Gasteiger charge is -2.20. The Balaban J connectivity index is 1.81. The number of benzene rings is 3. The number of para-hydroxylation sites is 1. The van der Waals surface area contributed by atoms with Crippen LogP contribution in [0.3, 0.4) is 0 Å². The van der Waals surface area contributed by atoms with Crippen molar-refractivity contribution < 1.29 is 14.2 Å². The van der Waals surface area contributed by atoms with Crippen molar-refractivity contribution in [3.63, 3.8) is 0 Å². The van der Waals surface area contributed by atoms with E-state index in [0.29, 0.717) is 10.6 Å². The molecule has 0 heterocycles. The molecule has 0 aliphatic rings. The van der Waals surface area contributed by atoms with E-state index in [9.17, 15) is 14.2 Å². The van der Waals surface area contributed by atoms with Gasteiger partial charge in [-0.05, 0) is 12.1 Å². The maximum Gasteiger partial charge on any atom is 0.234 e. The first kappa shape index (κ1) is 19.8. The molecular weight excluding hydrogens is 369 g/mol. The summed E-state index contributed by atoms with van der Waals surface area (Å²) in [6.07, 6.45) is -0.454. The van der Waals surface area contributed by atoms with Gasteiger partial charge in [0.05, 0.1) is 12.6 Å². The van der Waals surface area contributed by atoms with Crippen LogP contribution in [0.25, 0.3) is 0 Å². The van der Waals surface area contributed by atoms with E-state index in [-0.39, 0.29) is 24.3 Å². The predicted octanol–water partition coefficient (Wildman–Crippen LogP) is 3.62. The largest absolute Gasteiger partial charge is 0.315 e. The lowest BCUT2D eigenvalue weighted by atomic mass is 10.2. The van der Waals surface area contributed by atoms with Crippen LogP contribution in [0, 0.1) is 0 Å². The molecule has 3 aromatic rings. The molecule has 0 aromatic heterocycles. The average molecular weight is 391 g/mol. The highest BCUT2D eigenvalue weighted by Gasteiger charge is 2.31. The minimum atomic E-state index is -3.16. The van der Waals surface area contributed by atoms with Gasteiger partial charge in [0.1, 0.15) is 12.9 Å². The van der Waals surface area contributed by atoms with Gasteiger partial charge in [-0.2, -0.15) is 0 Å². The zero-order chi connectivity index (χ0) is 20.0. The first-order chi connectivity index (χ1) is 13.5. The van der Waals surface area contributed by atoms with Crippen LogP contribution < -0.4 is 15.5 Å². The van der Waals surface area contributed by atoms with E-state index in [2.05, 4.69) is 0 Å². The molecule has 0 unspecified atom stereocenters. The Morgan fingerprint density at radius 2 is 1.18 bits per heavy atom. The van der Waals surface area contributed by atoms with E-state index in [1.165, 1.54) is 4.90 Å². The summed E-state index contributed by atoms with van der Waals surface area (Å²) >= 11 is 0. The minimum absolute atomic E-state index is 0.171. The van der Waals surface area contributed by atoms with E-state index in [1.807, 2.05) is 54.6 Å². The van der Waals surface area contributed by atoms with Gasteiger partial charge in [-0.15, -0.1) is 0 Å². The minimum Gasteiger partial charge on any atom is -0.315 e. The highest BCUT2D eigenvalue weighted by Crippen LogP contribution is 2.43. The van der Waals surface area contributed by atoms with Crippen molar-refractivity contribution in [1.29, 1.82) is 0 Å². The van der Waals surface area contributed by atoms with Crippen LogP contribution in [-0.4, -0.2) is 24.9 Å². The number of carbonyl (C=O) groups is 2. The Morgan fingerprint density at radius 3 is 1.64 bits per heavy atom. The van der Waals surface area contributed by atoms with Gasteiger partial charge in [0.15, 0.2) is 0 Å². The van der Waals surface area contributed by atoms with Gasteiger partial charge in [0.2, 0.25) is 5.91 Å². The van der Waals surface area contributed by atoms with E-state index in [0.717, 1.165) is 5.69 Å². The van der Waals surface area contributed by atoms with E-state index >= 15 is 0 Å². The maximum atomic E-state index is 13.9. The van der Waals surface area contributed by atoms with Gasteiger partial charge < -0.3 is 9.46 Å². The zero-order valence-electron chi connectivity index (χ0n) is 15.7. The predicted molar refractivity (Wildman–Crippen MR) is 114 cm³/mol. The van der Waals surface area contributed by atoms with Crippen LogP contribution in [0.2, 0.25) is 0 Å². The summed E-state index contributed by atoms with van der Waals surface area (Å²) in [6.45, 7) is 0. The Hall–Kier alpha value is -2.97. The molecule has 0 fully saturated rings. The van der Waals surface area contributed by atoms with Crippen molar-refractivity contribution in [2.24, 2.45) is 0 Å². The quantitative estimate of drug-likeness (QED) is 0.457. The number of amides is 1. The second-order valence-corrected chi connectivity index (χ2v) is 9.40. The lowest BCUT2D eigenvalue weighted by molar-refractivity contribution is -0.125. The molecule has 28 heavy (non-hydrogen) atoms. The second kappa shape index (κ2) is 8.81.